The van der Waals surface area contributed by atoms with Crippen LogP contribution >= 0.6 is 0 Å². The Labute approximate surface area is 109 Å². The summed E-state index contributed by atoms with van der Waals surface area (Å²) in [7, 11) is 0. The summed E-state index contributed by atoms with van der Waals surface area (Å²) in [4.78, 5) is 0. The Morgan fingerprint density at radius 2 is 2.26 bits per heavy atom. The highest BCUT2D eigenvalue weighted by atomic mass is 19.4. The average Bonchev–Trinajstić information content (AvgIpc) is 2.73. The van der Waals surface area contributed by atoms with Crippen molar-refractivity contribution in [3.8, 4) is 0 Å². The third-order valence-corrected chi connectivity index (χ3v) is 2.94. The molecule has 7 heteroatoms. The molecule has 1 N–H and O–H groups in total. The number of allylic oxidation sites excluding steroid dienone is 2. The standard InChI is InChI=1S/C12H15F3N4/c1-3-4-8(2)7-9-10-17-18-11(12(13,14)15)19(10)6-5-16-9/h3-4,9,16H,2,5-7H2,1H3/b4-3-. The number of nitrogens with one attached hydrogen (secondary N) is 1. The second-order valence-electron chi connectivity index (χ2n) is 4.40. The topological polar surface area (TPSA) is 42.7 Å². The molecule has 1 aliphatic heterocycles. The maximum Gasteiger partial charge on any atom is 0.451 e. The van der Waals surface area contributed by atoms with Gasteiger partial charge in [0.2, 0.25) is 5.82 Å². The van der Waals surface area contributed by atoms with Crippen molar-refractivity contribution in [3.63, 3.8) is 0 Å². The van der Waals surface area contributed by atoms with Crippen LogP contribution in [-0.2, 0) is 12.7 Å². The summed E-state index contributed by atoms with van der Waals surface area (Å²) in [6.45, 7) is 6.41. The molecule has 0 spiro atoms. The molecule has 0 aliphatic carbocycles. The minimum Gasteiger partial charge on any atom is -0.305 e. The van der Waals surface area contributed by atoms with E-state index in [9.17, 15) is 13.2 Å². The lowest BCUT2D eigenvalue weighted by molar-refractivity contribution is -0.147. The number of aromatic nitrogens is 3. The molecular weight excluding hydrogens is 257 g/mol. The Balaban J connectivity index is 2.26. The Morgan fingerprint density at radius 3 is 2.89 bits per heavy atom. The monoisotopic (exact) mass is 272 g/mol. The van der Waals surface area contributed by atoms with Gasteiger partial charge >= 0.3 is 6.18 Å². The summed E-state index contributed by atoms with van der Waals surface area (Å²) in [5, 5.41) is 10.1. The smallest absolute Gasteiger partial charge is 0.305 e. The highest BCUT2D eigenvalue weighted by Crippen LogP contribution is 2.31. The van der Waals surface area contributed by atoms with E-state index >= 15 is 0 Å². The zero-order valence-corrected chi connectivity index (χ0v) is 10.5. The summed E-state index contributed by atoms with van der Waals surface area (Å²) >= 11 is 0. The molecular formula is C12H15F3N4. The van der Waals surface area contributed by atoms with Crippen LogP contribution < -0.4 is 5.32 Å². The van der Waals surface area contributed by atoms with Crippen molar-refractivity contribution in [3.05, 3.63) is 36.0 Å². The largest absolute Gasteiger partial charge is 0.451 e. The SMILES string of the molecule is C=C(/C=C\C)CC1NCCn2c1nnc2C(F)(F)F. The summed E-state index contributed by atoms with van der Waals surface area (Å²) < 4.78 is 39.4. The van der Waals surface area contributed by atoms with E-state index in [1.54, 1.807) is 0 Å². The molecule has 0 saturated carbocycles. The summed E-state index contributed by atoms with van der Waals surface area (Å²) in [5.41, 5.74) is 0.838. The molecule has 1 aromatic rings. The highest BCUT2D eigenvalue weighted by Gasteiger charge is 2.40. The summed E-state index contributed by atoms with van der Waals surface area (Å²) in [5.74, 6) is -0.602. The van der Waals surface area contributed by atoms with E-state index in [2.05, 4.69) is 22.1 Å². The Kier molecular flexibility index (Phi) is 3.75. The second kappa shape index (κ2) is 5.16. The number of fused-ring (bicyclic) bond motifs is 1. The molecule has 1 atom stereocenters. The van der Waals surface area contributed by atoms with Gasteiger partial charge in [0, 0.05) is 13.1 Å². The lowest BCUT2D eigenvalue weighted by atomic mass is 10.1. The van der Waals surface area contributed by atoms with Gasteiger partial charge in [0.1, 0.15) is 0 Å². The van der Waals surface area contributed by atoms with Crippen LogP contribution in [0.3, 0.4) is 0 Å². The number of alkyl halides is 3. The molecule has 0 bridgehead atoms. The van der Waals surface area contributed by atoms with Crippen LogP contribution in [0.2, 0.25) is 0 Å². The van der Waals surface area contributed by atoms with Gasteiger partial charge in [-0.1, -0.05) is 24.3 Å². The molecule has 0 amide bonds. The van der Waals surface area contributed by atoms with Crippen molar-refractivity contribution < 1.29 is 13.2 Å². The summed E-state index contributed by atoms with van der Waals surface area (Å²) in [6.07, 6.45) is -0.271. The zero-order valence-electron chi connectivity index (χ0n) is 10.5. The van der Waals surface area contributed by atoms with E-state index in [-0.39, 0.29) is 12.6 Å². The van der Waals surface area contributed by atoms with Gasteiger partial charge in [-0.3, -0.25) is 0 Å². The fraction of sp³-hybridized carbons (Fsp3) is 0.500. The van der Waals surface area contributed by atoms with Crippen molar-refractivity contribution in [1.29, 1.82) is 0 Å². The van der Waals surface area contributed by atoms with E-state index in [1.807, 2.05) is 19.1 Å². The fourth-order valence-electron chi connectivity index (χ4n) is 2.17. The molecule has 2 rings (SSSR count). The first kappa shape index (κ1) is 13.8. The first-order valence-corrected chi connectivity index (χ1v) is 5.97. The lowest BCUT2D eigenvalue weighted by Crippen LogP contribution is -2.35. The number of nitrogens with zero attached hydrogens (tertiary/aromatic N) is 3. The maximum absolute atomic E-state index is 12.7. The molecule has 1 unspecified atom stereocenters. The van der Waals surface area contributed by atoms with Crippen LogP contribution in [0, 0.1) is 0 Å². The molecule has 104 valence electrons. The summed E-state index contributed by atoms with van der Waals surface area (Å²) in [6, 6.07) is -0.277. The second-order valence-corrected chi connectivity index (χ2v) is 4.40. The number of hydrogen-bond donors (Lipinski definition) is 1. The van der Waals surface area contributed by atoms with Crippen molar-refractivity contribution in [2.75, 3.05) is 6.54 Å². The predicted molar refractivity (Wildman–Crippen MR) is 64.3 cm³/mol. The normalized spacial score (nSPS) is 19.7. The Morgan fingerprint density at radius 1 is 1.53 bits per heavy atom. The molecule has 0 fully saturated rings. The van der Waals surface area contributed by atoms with Gasteiger partial charge in [-0.25, -0.2) is 0 Å². The Bertz CT molecular complexity index is 502. The molecule has 2 heterocycles. The van der Waals surface area contributed by atoms with Crippen molar-refractivity contribution >= 4 is 0 Å². The van der Waals surface area contributed by atoms with Gasteiger partial charge in [-0.15, -0.1) is 10.2 Å². The molecule has 0 aromatic carbocycles. The average molecular weight is 272 g/mol. The minimum atomic E-state index is -4.46. The van der Waals surface area contributed by atoms with Crippen LogP contribution in [0.5, 0.6) is 0 Å². The molecule has 0 radical (unpaired) electrons. The van der Waals surface area contributed by atoms with E-state index in [1.165, 1.54) is 0 Å². The van der Waals surface area contributed by atoms with Gasteiger partial charge in [-0.2, -0.15) is 13.2 Å². The molecule has 4 nitrogen and oxygen atoms in total. The molecule has 1 aromatic heterocycles. The van der Waals surface area contributed by atoms with E-state index in [0.717, 1.165) is 10.1 Å². The maximum atomic E-state index is 12.7. The lowest BCUT2D eigenvalue weighted by Gasteiger charge is -2.25. The van der Waals surface area contributed by atoms with Gasteiger partial charge in [-0.05, 0) is 13.3 Å². The molecule has 0 saturated heterocycles. The van der Waals surface area contributed by atoms with Crippen LogP contribution in [0.4, 0.5) is 13.2 Å². The molecule has 1 aliphatic rings. The minimum absolute atomic E-state index is 0.226. The van der Waals surface area contributed by atoms with Crippen molar-refractivity contribution in [1.82, 2.24) is 20.1 Å². The number of rotatable bonds is 3. The van der Waals surface area contributed by atoms with E-state index < -0.39 is 12.0 Å². The van der Waals surface area contributed by atoms with Crippen LogP contribution in [0.1, 0.15) is 31.0 Å². The van der Waals surface area contributed by atoms with Crippen LogP contribution in [0.15, 0.2) is 24.3 Å². The quantitative estimate of drug-likeness (QED) is 0.859. The van der Waals surface area contributed by atoms with Crippen LogP contribution in [-0.4, -0.2) is 21.3 Å². The zero-order chi connectivity index (χ0) is 14.0. The van der Waals surface area contributed by atoms with Crippen LogP contribution in [0.25, 0.3) is 0 Å². The third-order valence-electron chi connectivity index (χ3n) is 2.94. The van der Waals surface area contributed by atoms with Crippen molar-refractivity contribution in [2.45, 2.75) is 32.1 Å². The first-order chi connectivity index (χ1) is 8.93. The van der Waals surface area contributed by atoms with E-state index in [4.69, 9.17) is 0 Å². The Hall–Kier alpha value is -1.63. The van der Waals surface area contributed by atoms with Gasteiger partial charge < -0.3 is 9.88 Å². The third kappa shape index (κ3) is 2.86. The van der Waals surface area contributed by atoms with E-state index in [0.29, 0.717) is 18.8 Å². The predicted octanol–water partition coefficient (Wildman–Crippen LogP) is 2.46. The van der Waals surface area contributed by atoms with Gasteiger partial charge in [0.25, 0.3) is 0 Å². The van der Waals surface area contributed by atoms with Gasteiger partial charge in [0.15, 0.2) is 5.82 Å². The highest BCUT2D eigenvalue weighted by molar-refractivity contribution is 5.18. The number of halogens is 3. The fourth-order valence-corrected chi connectivity index (χ4v) is 2.17. The van der Waals surface area contributed by atoms with Gasteiger partial charge in [0.05, 0.1) is 6.04 Å². The van der Waals surface area contributed by atoms with Crippen molar-refractivity contribution in [2.24, 2.45) is 0 Å². The first-order valence-electron chi connectivity index (χ1n) is 5.97. The molecule has 19 heavy (non-hydrogen) atoms. The number of hydrogen-bond acceptors (Lipinski definition) is 3.